The van der Waals surface area contributed by atoms with Gasteiger partial charge in [-0.05, 0) is 13.3 Å². The Hall–Kier alpha value is -1.62. The van der Waals surface area contributed by atoms with Crippen molar-refractivity contribution in [3.63, 3.8) is 0 Å². The summed E-state index contributed by atoms with van der Waals surface area (Å²) in [4.78, 5) is 0. The molecule has 1 N–H and O–H groups in total. The van der Waals surface area contributed by atoms with Crippen LogP contribution < -0.4 is 0 Å². The average molecular weight is 221 g/mol. The molecule has 0 fully saturated rings. The molecule has 16 heavy (non-hydrogen) atoms. The lowest BCUT2D eigenvalue weighted by molar-refractivity contribution is 0.280. The van der Waals surface area contributed by atoms with Gasteiger partial charge in [0.2, 0.25) is 0 Å². The van der Waals surface area contributed by atoms with Crippen molar-refractivity contribution in [2.24, 2.45) is 7.05 Å². The molecule has 0 aromatic carbocycles. The van der Waals surface area contributed by atoms with Gasteiger partial charge in [0.15, 0.2) is 0 Å². The Labute approximate surface area is 93.7 Å². The van der Waals surface area contributed by atoms with E-state index in [4.69, 9.17) is 9.63 Å². The Bertz CT molecular complexity index is 473. The van der Waals surface area contributed by atoms with Gasteiger partial charge in [-0.1, -0.05) is 5.16 Å². The van der Waals surface area contributed by atoms with Gasteiger partial charge in [-0.3, -0.25) is 4.68 Å². The Morgan fingerprint density at radius 1 is 1.50 bits per heavy atom. The molecule has 0 aliphatic heterocycles. The predicted molar refractivity (Wildman–Crippen MR) is 58.8 cm³/mol. The number of rotatable bonds is 4. The summed E-state index contributed by atoms with van der Waals surface area (Å²) in [6, 6.07) is 1.90. The zero-order chi connectivity index (χ0) is 11.5. The molecular weight excluding hydrogens is 206 g/mol. The molecule has 86 valence electrons. The molecule has 0 amide bonds. The van der Waals surface area contributed by atoms with E-state index in [0.717, 1.165) is 22.7 Å². The highest BCUT2D eigenvalue weighted by molar-refractivity contribution is 5.60. The number of aliphatic hydroxyl groups is 1. The van der Waals surface area contributed by atoms with E-state index in [2.05, 4.69) is 10.3 Å². The highest BCUT2D eigenvalue weighted by Gasteiger charge is 2.11. The molecule has 2 aromatic rings. The van der Waals surface area contributed by atoms with Gasteiger partial charge in [0, 0.05) is 37.9 Å². The molecule has 0 saturated heterocycles. The third-order valence-electron chi connectivity index (χ3n) is 2.43. The molecule has 0 aliphatic rings. The van der Waals surface area contributed by atoms with E-state index in [1.807, 2.05) is 26.2 Å². The van der Waals surface area contributed by atoms with Crippen LogP contribution in [0, 0.1) is 6.92 Å². The third kappa shape index (κ3) is 2.14. The average Bonchev–Trinajstić information content (AvgIpc) is 2.82. The summed E-state index contributed by atoms with van der Waals surface area (Å²) in [5.74, 6) is 0.798. The molecular formula is C11H15N3O2. The van der Waals surface area contributed by atoms with Crippen LogP contribution in [0.1, 0.15) is 17.9 Å². The SMILES string of the molecule is Cc1nn(C)cc1-c1cc(CCCO)on1. The van der Waals surface area contributed by atoms with Gasteiger partial charge in [0.25, 0.3) is 0 Å². The molecule has 0 spiro atoms. The first-order chi connectivity index (χ1) is 7.70. The Morgan fingerprint density at radius 3 is 2.94 bits per heavy atom. The van der Waals surface area contributed by atoms with Crippen LogP contribution in [0.25, 0.3) is 11.3 Å². The van der Waals surface area contributed by atoms with Crippen molar-refractivity contribution in [1.29, 1.82) is 0 Å². The van der Waals surface area contributed by atoms with E-state index >= 15 is 0 Å². The lowest BCUT2D eigenvalue weighted by Crippen LogP contribution is -1.86. The summed E-state index contributed by atoms with van der Waals surface area (Å²) in [5.41, 5.74) is 2.73. The van der Waals surface area contributed by atoms with Gasteiger partial charge in [-0.25, -0.2) is 0 Å². The lowest BCUT2D eigenvalue weighted by atomic mass is 10.1. The third-order valence-corrected chi connectivity index (χ3v) is 2.43. The quantitative estimate of drug-likeness (QED) is 0.845. The van der Waals surface area contributed by atoms with Gasteiger partial charge in [-0.15, -0.1) is 0 Å². The number of hydrogen-bond donors (Lipinski definition) is 1. The summed E-state index contributed by atoms with van der Waals surface area (Å²) < 4.78 is 6.94. The number of nitrogens with zero attached hydrogens (tertiary/aromatic N) is 3. The van der Waals surface area contributed by atoms with Crippen molar-refractivity contribution >= 4 is 0 Å². The van der Waals surface area contributed by atoms with Crippen molar-refractivity contribution in [1.82, 2.24) is 14.9 Å². The molecule has 2 aromatic heterocycles. The van der Waals surface area contributed by atoms with E-state index in [0.29, 0.717) is 12.8 Å². The predicted octanol–water partition coefficient (Wildman–Crippen LogP) is 1.31. The van der Waals surface area contributed by atoms with Crippen molar-refractivity contribution in [2.75, 3.05) is 6.61 Å². The van der Waals surface area contributed by atoms with E-state index in [-0.39, 0.29) is 6.61 Å². The van der Waals surface area contributed by atoms with Crippen molar-refractivity contribution in [3.05, 3.63) is 23.7 Å². The maximum atomic E-state index is 8.72. The standard InChI is InChI=1S/C11H15N3O2/c1-8-10(7-14(2)12-8)11-6-9(16-13-11)4-3-5-15/h6-7,15H,3-5H2,1-2H3. The maximum Gasteiger partial charge on any atom is 0.137 e. The van der Waals surface area contributed by atoms with Crippen molar-refractivity contribution < 1.29 is 9.63 Å². The first-order valence-electron chi connectivity index (χ1n) is 5.28. The molecule has 5 nitrogen and oxygen atoms in total. The van der Waals surface area contributed by atoms with Crippen molar-refractivity contribution in [3.8, 4) is 11.3 Å². The zero-order valence-electron chi connectivity index (χ0n) is 9.47. The Morgan fingerprint density at radius 2 is 2.31 bits per heavy atom. The normalized spacial score (nSPS) is 10.9. The smallest absolute Gasteiger partial charge is 0.137 e. The molecule has 5 heteroatoms. The van der Waals surface area contributed by atoms with E-state index in [9.17, 15) is 0 Å². The summed E-state index contributed by atoms with van der Waals surface area (Å²) >= 11 is 0. The van der Waals surface area contributed by atoms with Crippen LogP contribution in [0.2, 0.25) is 0 Å². The fourth-order valence-corrected chi connectivity index (χ4v) is 1.66. The monoisotopic (exact) mass is 221 g/mol. The fourth-order valence-electron chi connectivity index (χ4n) is 1.66. The summed E-state index contributed by atoms with van der Waals surface area (Å²) in [5, 5.41) is 17.0. The molecule has 2 heterocycles. The van der Waals surface area contributed by atoms with Gasteiger partial charge in [-0.2, -0.15) is 5.10 Å². The minimum atomic E-state index is 0.169. The minimum absolute atomic E-state index is 0.169. The molecule has 0 saturated carbocycles. The Balaban J connectivity index is 2.21. The number of aliphatic hydroxyl groups excluding tert-OH is 1. The van der Waals surface area contributed by atoms with Crippen LogP contribution >= 0.6 is 0 Å². The molecule has 0 bridgehead atoms. The van der Waals surface area contributed by atoms with E-state index in [1.165, 1.54) is 0 Å². The highest BCUT2D eigenvalue weighted by atomic mass is 16.5. The largest absolute Gasteiger partial charge is 0.396 e. The van der Waals surface area contributed by atoms with Crippen LogP contribution in [0.15, 0.2) is 16.8 Å². The number of aryl methyl sites for hydroxylation is 3. The van der Waals surface area contributed by atoms with E-state index in [1.54, 1.807) is 4.68 Å². The van der Waals surface area contributed by atoms with Crippen LogP contribution in [0.3, 0.4) is 0 Å². The fraction of sp³-hybridized carbons (Fsp3) is 0.455. The summed E-state index contributed by atoms with van der Waals surface area (Å²) in [7, 11) is 1.88. The van der Waals surface area contributed by atoms with Crippen LogP contribution in [0.5, 0.6) is 0 Å². The maximum absolute atomic E-state index is 8.72. The number of hydrogen-bond acceptors (Lipinski definition) is 4. The molecule has 0 atom stereocenters. The van der Waals surface area contributed by atoms with Crippen molar-refractivity contribution in [2.45, 2.75) is 19.8 Å². The second-order valence-electron chi connectivity index (χ2n) is 3.81. The van der Waals surface area contributed by atoms with Crippen LogP contribution in [-0.2, 0) is 13.5 Å². The molecule has 0 unspecified atom stereocenters. The second-order valence-corrected chi connectivity index (χ2v) is 3.81. The van der Waals surface area contributed by atoms with Gasteiger partial charge in [0.1, 0.15) is 11.5 Å². The second kappa shape index (κ2) is 4.49. The topological polar surface area (TPSA) is 64.1 Å². The molecule has 0 radical (unpaired) electrons. The Kier molecular flexibility index (Phi) is 3.05. The van der Waals surface area contributed by atoms with E-state index < -0.39 is 0 Å². The van der Waals surface area contributed by atoms with Crippen LogP contribution in [-0.4, -0.2) is 26.7 Å². The van der Waals surface area contributed by atoms with Gasteiger partial charge < -0.3 is 9.63 Å². The zero-order valence-corrected chi connectivity index (χ0v) is 9.47. The molecule has 0 aliphatic carbocycles. The van der Waals surface area contributed by atoms with Gasteiger partial charge >= 0.3 is 0 Å². The first-order valence-corrected chi connectivity index (χ1v) is 5.28. The lowest BCUT2D eigenvalue weighted by Gasteiger charge is -1.89. The van der Waals surface area contributed by atoms with Crippen LogP contribution in [0.4, 0.5) is 0 Å². The highest BCUT2D eigenvalue weighted by Crippen LogP contribution is 2.22. The molecule has 2 rings (SSSR count). The minimum Gasteiger partial charge on any atom is -0.396 e. The summed E-state index contributed by atoms with van der Waals surface area (Å²) in [6.45, 7) is 2.11. The van der Waals surface area contributed by atoms with Gasteiger partial charge in [0.05, 0.1) is 5.69 Å². The summed E-state index contributed by atoms with van der Waals surface area (Å²) in [6.07, 6.45) is 3.33. The first kappa shape index (κ1) is 10.9. The number of aromatic nitrogens is 3.